The van der Waals surface area contributed by atoms with Gasteiger partial charge in [0, 0.05) is 24.3 Å². The van der Waals surface area contributed by atoms with Crippen molar-refractivity contribution in [1.29, 1.82) is 0 Å². The van der Waals surface area contributed by atoms with E-state index in [0.717, 1.165) is 47.7 Å². The fourth-order valence-electron chi connectivity index (χ4n) is 3.72. The summed E-state index contributed by atoms with van der Waals surface area (Å²) in [5.41, 5.74) is 6.55. The van der Waals surface area contributed by atoms with Crippen LogP contribution in [0.15, 0.2) is 48.5 Å². The molecule has 0 amide bonds. The monoisotopic (exact) mass is 374 g/mol. The van der Waals surface area contributed by atoms with Crippen LogP contribution in [0.1, 0.15) is 29.3 Å². The maximum absolute atomic E-state index is 9.83. The van der Waals surface area contributed by atoms with Crippen molar-refractivity contribution < 1.29 is 5.11 Å². The average Bonchev–Trinajstić information content (AvgIpc) is 3.36. The fourth-order valence-corrected chi connectivity index (χ4v) is 3.72. The summed E-state index contributed by atoms with van der Waals surface area (Å²) in [7, 11) is 0. The van der Waals surface area contributed by atoms with E-state index in [9.17, 15) is 5.11 Å². The molecule has 0 spiro atoms. The lowest BCUT2D eigenvalue weighted by Gasteiger charge is -2.14. The van der Waals surface area contributed by atoms with Gasteiger partial charge in [-0.25, -0.2) is 0 Å². The molecule has 0 aliphatic carbocycles. The zero-order valence-corrected chi connectivity index (χ0v) is 15.4. The van der Waals surface area contributed by atoms with Crippen LogP contribution in [0.25, 0.3) is 17.0 Å². The van der Waals surface area contributed by atoms with E-state index in [1.54, 1.807) is 0 Å². The Morgan fingerprint density at radius 3 is 2.75 bits per heavy atom. The molecule has 0 saturated heterocycles. The summed E-state index contributed by atoms with van der Waals surface area (Å²) in [4.78, 5) is 4.56. The van der Waals surface area contributed by atoms with Gasteiger partial charge in [-0.2, -0.15) is 4.98 Å². The number of nitrogens with zero attached hydrogens (tertiary/aromatic N) is 2. The first-order valence-electron chi connectivity index (χ1n) is 9.50. The Morgan fingerprint density at radius 1 is 1.07 bits per heavy atom. The Hall–Kier alpha value is -3.00. The number of H-pyrrole nitrogens is 1. The maximum atomic E-state index is 9.83. The summed E-state index contributed by atoms with van der Waals surface area (Å²) >= 11 is 0. The fraction of sp³-hybridized carbons (Fsp3) is 0.238. The molecular formula is C21H22N6O. The minimum atomic E-state index is -0.581. The highest BCUT2D eigenvalue weighted by atomic mass is 16.3. The van der Waals surface area contributed by atoms with E-state index in [1.807, 2.05) is 18.2 Å². The Kier molecular flexibility index (Phi) is 4.40. The molecule has 28 heavy (non-hydrogen) atoms. The number of nitrogens with one attached hydrogen (secondary N) is 4. The maximum Gasteiger partial charge on any atom is 0.246 e. The molecule has 5 N–H and O–H groups in total. The number of fused-ring (bicyclic) bond motifs is 1. The first kappa shape index (κ1) is 17.1. The van der Waals surface area contributed by atoms with Crippen LogP contribution in [-0.4, -0.2) is 33.4 Å². The number of aromatic nitrogens is 3. The number of anilines is 2. The number of aliphatic hydroxyl groups excluding tert-OH is 1. The summed E-state index contributed by atoms with van der Waals surface area (Å²) in [5, 5.41) is 26.7. The van der Waals surface area contributed by atoms with E-state index < -0.39 is 6.23 Å². The Labute approximate surface area is 162 Å². The second-order valence-corrected chi connectivity index (χ2v) is 7.09. The standard InChI is InChI=1S/C21H22N6O/c28-20-18-6-5-17(11-16(18)12-23-20)24-21-25-19(26-27-21)15-3-1-13(2-4-15)14-7-9-22-10-8-14/h1-7,11,20,22-23,28H,8-10,12H2,(H2,24,25,26,27). The van der Waals surface area contributed by atoms with Crippen LogP contribution in [0.5, 0.6) is 0 Å². The highest BCUT2D eigenvalue weighted by Crippen LogP contribution is 2.28. The van der Waals surface area contributed by atoms with Gasteiger partial charge in [-0.1, -0.05) is 36.4 Å². The van der Waals surface area contributed by atoms with Crippen molar-refractivity contribution >= 4 is 17.2 Å². The van der Waals surface area contributed by atoms with Gasteiger partial charge >= 0.3 is 0 Å². The molecule has 7 nitrogen and oxygen atoms in total. The first-order valence-corrected chi connectivity index (χ1v) is 9.50. The van der Waals surface area contributed by atoms with Gasteiger partial charge in [0.25, 0.3) is 0 Å². The molecule has 5 rings (SSSR count). The van der Waals surface area contributed by atoms with E-state index in [1.165, 1.54) is 11.1 Å². The third-order valence-corrected chi connectivity index (χ3v) is 5.26. The van der Waals surface area contributed by atoms with Crippen molar-refractivity contribution in [2.24, 2.45) is 0 Å². The smallest absolute Gasteiger partial charge is 0.246 e. The zero-order valence-electron chi connectivity index (χ0n) is 15.4. The van der Waals surface area contributed by atoms with Crippen LogP contribution < -0.4 is 16.0 Å². The Balaban J connectivity index is 1.31. The molecule has 0 fully saturated rings. The highest BCUT2D eigenvalue weighted by molar-refractivity contribution is 5.69. The second kappa shape index (κ2) is 7.20. The van der Waals surface area contributed by atoms with Crippen LogP contribution in [0.4, 0.5) is 11.6 Å². The van der Waals surface area contributed by atoms with Gasteiger partial charge in [0.1, 0.15) is 6.23 Å². The van der Waals surface area contributed by atoms with Crippen LogP contribution >= 0.6 is 0 Å². The van der Waals surface area contributed by atoms with Gasteiger partial charge in [-0.05, 0) is 47.4 Å². The number of hydrogen-bond acceptors (Lipinski definition) is 6. The molecule has 2 aliphatic rings. The van der Waals surface area contributed by atoms with E-state index in [4.69, 9.17) is 0 Å². The van der Waals surface area contributed by atoms with Crippen molar-refractivity contribution in [3.63, 3.8) is 0 Å². The largest absolute Gasteiger partial charge is 0.374 e. The van der Waals surface area contributed by atoms with Gasteiger partial charge in [0.2, 0.25) is 5.95 Å². The van der Waals surface area contributed by atoms with Gasteiger partial charge in [-0.15, -0.1) is 5.10 Å². The van der Waals surface area contributed by atoms with E-state index >= 15 is 0 Å². The lowest BCUT2D eigenvalue weighted by Crippen LogP contribution is -2.19. The van der Waals surface area contributed by atoms with Crippen molar-refractivity contribution in [3.05, 3.63) is 65.2 Å². The summed E-state index contributed by atoms with van der Waals surface area (Å²) in [6, 6.07) is 14.3. The van der Waals surface area contributed by atoms with Gasteiger partial charge in [0.15, 0.2) is 5.82 Å². The molecule has 1 atom stereocenters. The van der Waals surface area contributed by atoms with Crippen LogP contribution in [-0.2, 0) is 6.54 Å². The molecular weight excluding hydrogens is 352 g/mol. The number of benzene rings is 2. The van der Waals surface area contributed by atoms with E-state index in [2.05, 4.69) is 61.5 Å². The van der Waals surface area contributed by atoms with Gasteiger partial charge in [0.05, 0.1) is 0 Å². The lowest BCUT2D eigenvalue weighted by molar-refractivity contribution is 0.151. The average molecular weight is 374 g/mol. The minimum Gasteiger partial charge on any atom is -0.374 e. The molecule has 0 bridgehead atoms. The van der Waals surface area contributed by atoms with Crippen molar-refractivity contribution in [1.82, 2.24) is 25.8 Å². The number of rotatable bonds is 4. The summed E-state index contributed by atoms with van der Waals surface area (Å²) in [6.07, 6.45) is 2.73. The van der Waals surface area contributed by atoms with Crippen LogP contribution in [0.2, 0.25) is 0 Å². The number of aliphatic hydroxyl groups is 1. The summed E-state index contributed by atoms with van der Waals surface area (Å²) in [6.45, 7) is 2.62. The van der Waals surface area contributed by atoms with Crippen molar-refractivity contribution in [2.75, 3.05) is 18.4 Å². The molecule has 2 aromatic carbocycles. The Morgan fingerprint density at radius 2 is 1.93 bits per heavy atom. The highest BCUT2D eigenvalue weighted by Gasteiger charge is 2.19. The third-order valence-electron chi connectivity index (χ3n) is 5.26. The van der Waals surface area contributed by atoms with Crippen LogP contribution in [0.3, 0.4) is 0 Å². The summed E-state index contributed by atoms with van der Waals surface area (Å²) < 4.78 is 0. The quantitative estimate of drug-likeness (QED) is 0.482. The number of aromatic amines is 1. The summed E-state index contributed by atoms with van der Waals surface area (Å²) in [5.74, 6) is 1.25. The minimum absolute atomic E-state index is 0.520. The zero-order chi connectivity index (χ0) is 18.9. The van der Waals surface area contributed by atoms with Crippen molar-refractivity contribution in [3.8, 4) is 11.4 Å². The molecule has 1 unspecified atom stereocenters. The predicted octanol–water partition coefficient (Wildman–Crippen LogP) is 2.69. The molecule has 3 heterocycles. The molecule has 1 aromatic heterocycles. The van der Waals surface area contributed by atoms with E-state index in [-0.39, 0.29) is 0 Å². The molecule has 2 aliphatic heterocycles. The molecule has 7 heteroatoms. The normalized spacial score (nSPS) is 18.6. The molecule has 0 saturated carbocycles. The van der Waals surface area contributed by atoms with Gasteiger partial charge in [-0.3, -0.25) is 10.4 Å². The third kappa shape index (κ3) is 3.31. The molecule has 3 aromatic rings. The Bertz CT molecular complexity index is 1020. The molecule has 142 valence electrons. The first-order chi connectivity index (χ1) is 13.8. The SMILES string of the molecule is OC1NCc2cc(Nc3n[nH]c(-c4ccc(C5=CCNCC5)cc4)n3)ccc21. The van der Waals surface area contributed by atoms with Crippen molar-refractivity contribution in [2.45, 2.75) is 19.2 Å². The molecule has 0 radical (unpaired) electrons. The van der Waals surface area contributed by atoms with Gasteiger partial charge < -0.3 is 15.7 Å². The second-order valence-electron chi connectivity index (χ2n) is 7.09. The predicted molar refractivity (Wildman–Crippen MR) is 109 cm³/mol. The lowest BCUT2D eigenvalue weighted by atomic mass is 9.99. The van der Waals surface area contributed by atoms with Crippen LogP contribution in [0, 0.1) is 0 Å². The topological polar surface area (TPSA) is 97.9 Å². The van der Waals surface area contributed by atoms with E-state index in [0.29, 0.717) is 12.5 Å². The number of hydrogen-bond donors (Lipinski definition) is 5.